The maximum atomic E-state index is 10.4. The average molecular weight is 192 g/mol. The summed E-state index contributed by atoms with van der Waals surface area (Å²) in [5.41, 5.74) is 0. The molecule has 0 aromatic rings. The largest absolute Gasteiger partial charge is 0.463 e. The van der Waals surface area contributed by atoms with Crippen LogP contribution in [-0.4, -0.2) is 52.5 Å². The second kappa shape index (κ2) is 4.01. The van der Waals surface area contributed by atoms with E-state index in [-0.39, 0.29) is 6.61 Å². The molecular formula is C7H12O6. The molecule has 1 heterocycles. The Labute approximate surface area is 74.7 Å². The Morgan fingerprint density at radius 1 is 1.38 bits per heavy atom. The Morgan fingerprint density at radius 2 is 2.00 bits per heavy atom. The van der Waals surface area contributed by atoms with Crippen LogP contribution in [0.15, 0.2) is 0 Å². The van der Waals surface area contributed by atoms with Crippen LogP contribution in [0.4, 0.5) is 0 Å². The maximum Gasteiger partial charge on any atom is 0.302 e. The molecule has 0 amide bonds. The predicted octanol–water partition coefficient (Wildman–Crippen LogP) is -2.01. The molecule has 0 unspecified atom stereocenters. The normalized spacial score (nSPS) is 39.1. The van der Waals surface area contributed by atoms with Gasteiger partial charge >= 0.3 is 5.97 Å². The molecule has 0 aromatic heterocycles. The van der Waals surface area contributed by atoms with Crippen molar-refractivity contribution in [1.82, 2.24) is 0 Å². The third kappa shape index (κ3) is 2.38. The highest BCUT2D eigenvalue weighted by atomic mass is 16.7. The van der Waals surface area contributed by atoms with Crippen molar-refractivity contribution in [3.8, 4) is 0 Å². The molecule has 1 rings (SSSR count). The van der Waals surface area contributed by atoms with Crippen molar-refractivity contribution in [3.63, 3.8) is 0 Å². The Bertz CT molecular complexity index is 193. The zero-order valence-corrected chi connectivity index (χ0v) is 7.08. The summed E-state index contributed by atoms with van der Waals surface area (Å²) < 4.78 is 9.26. The van der Waals surface area contributed by atoms with Crippen LogP contribution in [0.5, 0.6) is 0 Å². The smallest absolute Gasteiger partial charge is 0.302 e. The zero-order valence-electron chi connectivity index (χ0n) is 7.08. The van der Waals surface area contributed by atoms with Gasteiger partial charge in [-0.05, 0) is 0 Å². The number of carbonyl (C=O) groups excluding carboxylic acids is 1. The van der Waals surface area contributed by atoms with E-state index in [0.29, 0.717) is 0 Å². The van der Waals surface area contributed by atoms with E-state index in [9.17, 15) is 9.90 Å². The van der Waals surface area contributed by atoms with Gasteiger partial charge in [0.05, 0.1) is 0 Å². The van der Waals surface area contributed by atoms with Gasteiger partial charge in [0.25, 0.3) is 0 Å². The molecule has 1 aliphatic heterocycles. The zero-order chi connectivity index (χ0) is 10.0. The Balaban J connectivity index is 2.40. The van der Waals surface area contributed by atoms with Gasteiger partial charge in [0.15, 0.2) is 6.29 Å². The molecule has 0 bridgehead atoms. The van der Waals surface area contributed by atoms with Gasteiger partial charge in [-0.25, -0.2) is 0 Å². The average Bonchev–Trinajstić information content (AvgIpc) is 2.29. The van der Waals surface area contributed by atoms with Gasteiger partial charge < -0.3 is 24.8 Å². The molecule has 1 fully saturated rings. The third-order valence-corrected chi connectivity index (χ3v) is 1.79. The second-order valence-electron chi connectivity index (χ2n) is 2.85. The summed E-state index contributed by atoms with van der Waals surface area (Å²) in [6.07, 6.45) is -4.86. The molecule has 0 aromatic carbocycles. The summed E-state index contributed by atoms with van der Waals surface area (Å²) in [6, 6.07) is 0. The molecule has 1 aliphatic rings. The molecule has 13 heavy (non-hydrogen) atoms. The van der Waals surface area contributed by atoms with Crippen molar-refractivity contribution < 1.29 is 29.6 Å². The minimum Gasteiger partial charge on any atom is -0.463 e. The van der Waals surface area contributed by atoms with Gasteiger partial charge in [0.1, 0.15) is 24.9 Å². The van der Waals surface area contributed by atoms with Crippen molar-refractivity contribution in [2.75, 3.05) is 6.61 Å². The van der Waals surface area contributed by atoms with E-state index in [4.69, 9.17) is 14.9 Å². The molecule has 0 spiro atoms. The fourth-order valence-corrected chi connectivity index (χ4v) is 1.07. The van der Waals surface area contributed by atoms with Crippen LogP contribution < -0.4 is 0 Å². The number of aliphatic hydroxyl groups is 3. The van der Waals surface area contributed by atoms with Crippen molar-refractivity contribution in [2.45, 2.75) is 31.5 Å². The Morgan fingerprint density at radius 3 is 2.38 bits per heavy atom. The fraction of sp³-hybridized carbons (Fsp3) is 0.857. The standard InChI is InChI=1S/C7H12O6/c1-3(8)12-2-4-5(9)6(10)7(11)13-4/h4-7,9-11H,2H2,1H3/t4-,5-,6+,7+/m0/s1. The first kappa shape index (κ1) is 10.4. The highest BCUT2D eigenvalue weighted by molar-refractivity contribution is 5.65. The molecule has 0 aliphatic carbocycles. The van der Waals surface area contributed by atoms with Crippen LogP contribution in [-0.2, 0) is 14.3 Å². The number of hydrogen-bond acceptors (Lipinski definition) is 6. The van der Waals surface area contributed by atoms with E-state index in [0.717, 1.165) is 0 Å². The topological polar surface area (TPSA) is 96.2 Å². The van der Waals surface area contributed by atoms with E-state index in [1.54, 1.807) is 0 Å². The van der Waals surface area contributed by atoms with Gasteiger partial charge in [0, 0.05) is 6.92 Å². The van der Waals surface area contributed by atoms with Crippen molar-refractivity contribution in [1.29, 1.82) is 0 Å². The lowest BCUT2D eigenvalue weighted by molar-refractivity contribution is -0.155. The number of esters is 1. The Kier molecular flexibility index (Phi) is 3.21. The van der Waals surface area contributed by atoms with Gasteiger partial charge in [-0.15, -0.1) is 0 Å². The minimum absolute atomic E-state index is 0.176. The van der Waals surface area contributed by atoms with Crippen LogP contribution in [0.25, 0.3) is 0 Å². The molecule has 3 N–H and O–H groups in total. The van der Waals surface area contributed by atoms with Crippen molar-refractivity contribution in [3.05, 3.63) is 0 Å². The second-order valence-corrected chi connectivity index (χ2v) is 2.85. The number of ether oxygens (including phenoxy) is 2. The molecule has 0 saturated carbocycles. The molecule has 0 radical (unpaired) electrons. The monoisotopic (exact) mass is 192 g/mol. The molecule has 4 atom stereocenters. The predicted molar refractivity (Wildman–Crippen MR) is 39.5 cm³/mol. The number of carbonyl (C=O) groups is 1. The summed E-state index contributed by atoms with van der Waals surface area (Å²) in [6.45, 7) is 1.04. The lowest BCUT2D eigenvalue weighted by Gasteiger charge is -2.13. The van der Waals surface area contributed by atoms with Crippen molar-refractivity contribution >= 4 is 5.97 Å². The van der Waals surface area contributed by atoms with E-state index in [1.165, 1.54) is 6.92 Å². The van der Waals surface area contributed by atoms with Crippen LogP contribution in [0.1, 0.15) is 6.92 Å². The van der Waals surface area contributed by atoms with Crippen LogP contribution >= 0.6 is 0 Å². The molecule has 76 valence electrons. The van der Waals surface area contributed by atoms with E-state index in [2.05, 4.69) is 4.74 Å². The highest BCUT2D eigenvalue weighted by Gasteiger charge is 2.42. The van der Waals surface area contributed by atoms with E-state index in [1.807, 2.05) is 0 Å². The summed E-state index contributed by atoms with van der Waals surface area (Å²) >= 11 is 0. The summed E-state index contributed by atoms with van der Waals surface area (Å²) in [5.74, 6) is -0.508. The Hall–Kier alpha value is -0.690. The number of aliphatic hydroxyl groups excluding tert-OH is 3. The van der Waals surface area contributed by atoms with Gasteiger partial charge in [0.2, 0.25) is 0 Å². The fourth-order valence-electron chi connectivity index (χ4n) is 1.07. The van der Waals surface area contributed by atoms with E-state index < -0.39 is 30.6 Å². The number of rotatable bonds is 2. The third-order valence-electron chi connectivity index (χ3n) is 1.79. The van der Waals surface area contributed by atoms with Crippen LogP contribution in [0.2, 0.25) is 0 Å². The van der Waals surface area contributed by atoms with E-state index >= 15 is 0 Å². The van der Waals surface area contributed by atoms with Crippen LogP contribution in [0.3, 0.4) is 0 Å². The first-order valence-electron chi connectivity index (χ1n) is 3.85. The maximum absolute atomic E-state index is 10.4. The first-order chi connectivity index (χ1) is 6.02. The molecular weight excluding hydrogens is 180 g/mol. The molecule has 6 heteroatoms. The summed E-state index contributed by atoms with van der Waals surface area (Å²) in [7, 11) is 0. The van der Waals surface area contributed by atoms with Gasteiger partial charge in [-0.3, -0.25) is 4.79 Å². The quantitative estimate of drug-likeness (QED) is 0.437. The minimum atomic E-state index is -1.42. The van der Waals surface area contributed by atoms with Gasteiger partial charge in [-0.1, -0.05) is 0 Å². The lowest BCUT2D eigenvalue weighted by Crippen LogP contribution is -2.34. The van der Waals surface area contributed by atoms with Crippen molar-refractivity contribution in [2.24, 2.45) is 0 Å². The van der Waals surface area contributed by atoms with Crippen LogP contribution in [0, 0.1) is 0 Å². The summed E-state index contributed by atoms with van der Waals surface area (Å²) in [4.78, 5) is 10.4. The number of hydrogen-bond donors (Lipinski definition) is 3. The summed E-state index contributed by atoms with van der Waals surface area (Å²) in [5, 5.41) is 27.2. The molecule has 1 saturated heterocycles. The molecule has 6 nitrogen and oxygen atoms in total. The highest BCUT2D eigenvalue weighted by Crippen LogP contribution is 2.19. The lowest BCUT2D eigenvalue weighted by atomic mass is 10.1. The van der Waals surface area contributed by atoms with Gasteiger partial charge in [-0.2, -0.15) is 0 Å². The first-order valence-corrected chi connectivity index (χ1v) is 3.85. The SMILES string of the molecule is CC(=O)OC[C@@H]1O[C@@H](O)[C@H](O)[C@H]1O.